The van der Waals surface area contributed by atoms with E-state index in [4.69, 9.17) is 5.73 Å². The Morgan fingerprint density at radius 3 is 2.50 bits per heavy atom. The van der Waals surface area contributed by atoms with Crippen LogP contribution in [0.2, 0.25) is 0 Å². The maximum absolute atomic E-state index is 6.26. The van der Waals surface area contributed by atoms with Crippen molar-refractivity contribution in [3.63, 3.8) is 0 Å². The van der Waals surface area contributed by atoms with Crippen LogP contribution in [-0.2, 0) is 12.6 Å². The molecule has 0 bridgehead atoms. The minimum Gasteiger partial charge on any atom is -0.348 e. The van der Waals surface area contributed by atoms with Gasteiger partial charge in [-0.25, -0.2) is 0 Å². The Balaban J connectivity index is 2.92. The van der Waals surface area contributed by atoms with Gasteiger partial charge in [0.2, 0.25) is 0 Å². The second-order valence-electron chi connectivity index (χ2n) is 4.90. The Morgan fingerprint density at radius 2 is 1.94 bits per heavy atom. The Kier molecular flexibility index (Phi) is 2.63. The summed E-state index contributed by atoms with van der Waals surface area (Å²) in [6.45, 7) is 6.23. The molecule has 0 spiro atoms. The van der Waals surface area contributed by atoms with Crippen molar-refractivity contribution in [2.45, 2.75) is 26.3 Å². The highest BCUT2D eigenvalue weighted by Gasteiger charge is 2.23. The van der Waals surface area contributed by atoms with Crippen molar-refractivity contribution < 1.29 is 0 Å². The van der Waals surface area contributed by atoms with E-state index in [1.807, 2.05) is 0 Å². The van der Waals surface area contributed by atoms with Crippen LogP contribution in [0, 0.1) is 6.92 Å². The molecule has 3 heteroatoms. The Morgan fingerprint density at radius 1 is 1.31 bits per heavy atom. The van der Waals surface area contributed by atoms with Crippen molar-refractivity contribution in [3.8, 4) is 0 Å². The van der Waals surface area contributed by atoms with Crippen molar-refractivity contribution in [2.75, 3.05) is 0 Å². The summed E-state index contributed by atoms with van der Waals surface area (Å²) in [5, 5.41) is 1.24. The molecule has 0 aliphatic rings. The summed E-state index contributed by atoms with van der Waals surface area (Å²) in [5.74, 6) is 0. The van der Waals surface area contributed by atoms with E-state index in [1.165, 1.54) is 22.2 Å². The van der Waals surface area contributed by atoms with E-state index in [9.17, 15) is 0 Å². The van der Waals surface area contributed by atoms with Crippen LogP contribution in [0.15, 0.2) is 22.7 Å². The maximum Gasteiger partial charge on any atom is 0.0484 e. The number of fused-ring (bicyclic) bond motifs is 1. The van der Waals surface area contributed by atoms with Gasteiger partial charge in [-0.3, -0.25) is 0 Å². The monoisotopic (exact) mass is 280 g/mol. The zero-order valence-corrected chi connectivity index (χ0v) is 11.7. The van der Waals surface area contributed by atoms with E-state index in [0.717, 1.165) is 4.47 Å². The lowest BCUT2D eigenvalue weighted by atomic mass is 9.93. The van der Waals surface area contributed by atoms with Crippen LogP contribution in [-0.4, -0.2) is 4.57 Å². The van der Waals surface area contributed by atoms with Crippen LogP contribution in [0.3, 0.4) is 0 Å². The maximum atomic E-state index is 6.26. The molecular weight excluding hydrogens is 264 g/mol. The Labute approximate surface area is 105 Å². The smallest absolute Gasteiger partial charge is 0.0484 e. The molecule has 0 saturated heterocycles. The highest BCUT2D eigenvalue weighted by atomic mass is 79.9. The zero-order chi connectivity index (χ0) is 12.1. The van der Waals surface area contributed by atoms with Gasteiger partial charge in [0.05, 0.1) is 0 Å². The quantitative estimate of drug-likeness (QED) is 0.852. The third-order valence-corrected chi connectivity index (χ3v) is 3.59. The number of rotatable bonds is 1. The molecule has 0 aliphatic carbocycles. The number of halogens is 1. The number of aromatic nitrogens is 1. The Hall–Kier alpha value is -0.800. The van der Waals surface area contributed by atoms with Gasteiger partial charge in [-0.1, -0.05) is 15.9 Å². The second kappa shape index (κ2) is 3.60. The molecule has 86 valence electrons. The molecule has 2 N–H and O–H groups in total. The lowest BCUT2D eigenvalue weighted by Gasteiger charge is -2.19. The average molecular weight is 281 g/mol. The predicted octanol–water partition coefficient (Wildman–Crippen LogP) is 3.44. The zero-order valence-electron chi connectivity index (χ0n) is 10.1. The SMILES string of the molecule is Cc1c(C(C)(C)N)c2cc(Br)ccc2n1C. The number of hydrogen-bond donors (Lipinski definition) is 1. The van der Waals surface area contributed by atoms with Gasteiger partial charge in [-0.05, 0) is 44.5 Å². The first kappa shape index (κ1) is 11.7. The molecule has 0 unspecified atom stereocenters. The van der Waals surface area contributed by atoms with Gasteiger partial charge in [-0.15, -0.1) is 0 Å². The second-order valence-corrected chi connectivity index (χ2v) is 5.82. The number of nitrogens with two attached hydrogens (primary N) is 1. The number of nitrogens with zero attached hydrogens (tertiary/aromatic N) is 1. The first-order chi connectivity index (χ1) is 7.32. The van der Waals surface area contributed by atoms with Gasteiger partial charge in [0.15, 0.2) is 0 Å². The fourth-order valence-electron chi connectivity index (χ4n) is 2.36. The molecule has 0 amide bonds. The molecule has 1 aromatic carbocycles. The van der Waals surface area contributed by atoms with E-state index in [0.29, 0.717) is 0 Å². The lowest BCUT2D eigenvalue weighted by molar-refractivity contribution is 0.552. The van der Waals surface area contributed by atoms with Gasteiger partial charge in [0, 0.05) is 33.7 Å². The van der Waals surface area contributed by atoms with E-state index in [1.54, 1.807) is 0 Å². The van der Waals surface area contributed by atoms with Gasteiger partial charge >= 0.3 is 0 Å². The fourth-order valence-corrected chi connectivity index (χ4v) is 2.72. The normalized spacial score (nSPS) is 12.4. The van der Waals surface area contributed by atoms with Crippen LogP contribution in [0.4, 0.5) is 0 Å². The molecule has 1 heterocycles. The van der Waals surface area contributed by atoms with Crippen molar-refractivity contribution in [3.05, 3.63) is 33.9 Å². The van der Waals surface area contributed by atoms with Crippen molar-refractivity contribution >= 4 is 26.8 Å². The largest absolute Gasteiger partial charge is 0.348 e. The third-order valence-electron chi connectivity index (χ3n) is 3.10. The predicted molar refractivity (Wildman–Crippen MR) is 72.6 cm³/mol. The molecule has 0 aliphatic heterocycles. The van der Waals surface area contributed by atoms with Crippen molar-refractivity contribution in [1.29, 1.82) is 0 Å². The van der Waals surface area contributed by atoms with Crippen LogP contribution in [0.1, 0.15) is 25.1 Å². The highest BCUT2D eigenvalue weighted by Crippen LogP contribution is 2.33. The summed E-state index contributed by atoms with van der Waals surface area (Å²) in [6, 6.07) is 6.34. The molecule has 0 atom stereocenters. The van der Waals surface area contributed by atoms with Crippen LogP contribution in [0.5, 0.6) is 0 Å². The summed E-state index contributed by atoms with van der Waals surface area (Å²) in [5.41, 5.74) is 9.64. The summed E-state index contributed by atoms with van der Waals surface area (Å²) < 4.78 is 3.29. The molecule has 1 aromatic heterocycles. The fraction of sp³-hybridized carbons (Fsp3) is 0.385. The van der Waals surface area contributed by atoms with Gasteiger partial charge in [0.1, 0.15) is 0 Å². The summed E-state index contributed by atoms with van der Waals surface area (Å²) >= 11 is 3.52. The molecule has 2 aromatic rings. The van der Waals surface area contributed by atoms with E-state index in [-0.39, 0.29) is 5.54 Å². The minimum atomic E-state index is -0.315. The third kappa shape index (κ3) is 1.68. The number of benzene rings is 1. The lowest BCUT2D eigenvalue weighted by Crippen LogP contribution is -2.29. The number of hydrogen-bond acceptors (Lipinski definition) is 1. The molecule has 2 nitrogen and oxygen atoms in total. The van der Waals surface area contributed by atoms with Crippen LogP contribution in [0.25, 0.3) is 10.9 Å². The van der Waals surface area contributed by atoms with Crippen LogP contribution < -0.4 is 5.73 Å². The summed E-state index contributed by atoms with van der Waals surface area (Å²) in [4.78, 5) is 0. The molecule has 16 heavy (non-hydrogen) atoms. The van der Waals surface area contributed by atoms with Gasteiger partial charge in [0.25, 0.3) is 0 Å². The van der Waals surface area contributed by atoms with Gasteiger partial charge < -0.3 is 10.3 Å². The average Bonchev–Trinajstić information content (AvgIpc) is 2.38. The topological polar surface area (TPSA) is 30.9 Å². The number of aryl methyl sites for hydroxylation is 1. The van der Waals surface area contributed by atoms with Gasteiger partial charge in [-0.2, -0.15) is 0 Å². The van der Waals surface area contributed by atoms with Crippen LogP contribution >= 0.6 is 15.9 Å². The standard InChI is InChI=1S/C13H17BrN2/c1-8-12(13(2,3)15)10-7-9(14)5-6-11(10)16(8)4/h5-7H,15H2,1-4H3. The van der Waals surface area contributed by atoms with E-state index in [2.05, 4.69) is 66.5 Å². The first-order valence-corrected chi connectivity index (χ1v) is 6.15. The van der Waals surface area contributed by atoms with E-state index < -0.39 is 0 Å². The highest BCUT2D eigenvalue weighted by molar-refractivity contribution is 9.10. The van der Waals surface area contributed by atoms with E-state index >= 15 is 0 Å². The Bertz CT molecular complexity index is 547. The molecule has 0 saturated carbocycles. The van der Waals surface area contributed by atoms with Crippen molar-refractivity contribution in [1.82, 2.24) is 4.57 Å². The summed E-state index contributed by atoms with van der Waals surface area (Å²) in [6.07, 6.45) is 0. The molecule has 2 rings (SSSR count). The minimum absolute atomic E-state index is 0.315. The first-order valence-electron chi connectivity index (χ1n) is 5.36. The van der Waals surface area contributed by atoms with Crippen molar-refractivity contribution in [2.24, 2.45) is 12.8 Å². The molecular formula is C13H17BrN2. The molecule has 0 radical (unpaired) electrons. The summed E-state index contributed by atoms with van der Waals surface area (Å²) in [7, 11) is 2.08. The molecule has 0 fully saturated rings.